The zero-order valence-electron chi connectivity index (χ0n) is 15.2. The van der Waals surface area contributed by atoms with Gasteiger partial charge >= 0.3 is 0 Å². The SMILES string of the molecule is CN1CCCC[C@@H]1CSc1nc(-c2ccccc2)c(-c2ccccc2)[nH]1. The predicted molar refractivity (Wildman–Crippen MR) is 110 cm³/mol. The number of nitrogens with zero attached hydrogens (tertiary/aromatic N) is 2. The van der Waals surface area contributed by atoms with Gasteiger partial charge in [-0.1, -0.05) is 78.8 Å². The zero-order valence-corrected chi connectivity index (χ0v) is 16.0. The number of hydrogen-bond acceptors (Lipinski definition) is 3. The van der Waals surface area contributed by atoms with Gasteiger partial charge in [-0.05, 0) is 26.4 Å². The minimum absolute atomic E-state index is 0.652. The summed E-state index contributed by atoms with van der Waals surface area (Å²) in [4.78, 5) is 11.0. The summed E-state index contributed by atoms with van der Waals surface area (Å²) in [5, 5.41) is 1.02. The van der Waals surface area contributed by atoms with E-state index >= 15 is 0 Å². The van der Waals surface area contributed by atoms with E-state index in [-0.39, 0.29) is 0 Å². The topological polar surface area (TPSA) is 31.9 Å². The van der Waals surface area contributed by atoms with Crippen LogP contribution in [-0.4, -0.2) is 40.3 Å². The van der Waals surface area contributed by atoms with Crippen molar-refractivity contribution in [1.82, 2.24) is 14.9 Å². The Morgan fingerprint density at radius 1 is 1.00 bits per heavy atom. The molecule has 1 aliphatic heterocycles. The summed E-state index contributed by atoms with van der Waals surface area (Å²) in [5.74, 6) is 1.09. The van der Waals surface area contributed by atoms with Crippen molar-refractivity contribution < 1.29 is 0 Å². The van der Waals surface area contributed by atoms with E-state index in [1.807, 2.05) is 17.8 Å². The molecule has 1 N–H and O–H groups in total. The van der Waals surface area contributed by atoms with Gasteiger partial charge in [0.25, 0.3) is 0 Å². The van der Waals surface area contributed by atoms with Crippen molar-refractivity contribution in [3.8, 4) is 22.5 Å². The molecule has 1 aliphatic rings. The predicted octanol–water partition coefficient (Wildman–Crippen LogP) is 5.32. The molecule has 134 valence electrons. The number of benzene rings is 2. The Morgan fingerprint density at radius 2 is 1.69 bits per heavy atom. The van der Waals surface area contributed by atoms with E-state index in [0.717, 1.165) is 27.9 Å². The molecule has 1 atom stereocenters. The summed E-state index contributed by atoms with van der Waals surface area (Å²) < 4.78 is 0. The molecule has 1 saturated heterocycles. The van der Waals surface area contributed by atoms with Gasteiger partial charge in [-0.15, -0.1) is 0 Å². The fraction of sp³-hybridized carbons (Fsp3) is 0.318. The standard InChI is InChI=1S/C22H25N3S/c1-25-15-9-8-14-19(25)16-26-22-23-20(17-10-4-2-5-11-17)21(24-22)18-12-6-3-7-13-18/h2-7,10-13,19H,8-9,14-16H2,1H3,(H,23,24)/t19-/m1/s1. The van der Waals surface area contributed by atoms with Gasteiger partial charge in [0.1, 0.15) is 0 Å². The van der Waals surface area contributed by atoms with Crippen molar-refractivity contribution in [3.63, 3.8) is 0 Å². The Balaban J connectivity index is 1.61. The first-order chi connectivity index (χ1) is 12.8. The van der Waals surface area contributed by atoms with E-state index in [1.165, 1.54) is 31.4 Å². The third kappa shape index (κ3) is 3.87. The summed E-state index contributed by atoms with van der Waals surface area (Å²) in [6, 6.07) is 21.6. The van der Waals surface area contributed by atoms with Crippen LogP contribution in [0, 0.1) is 0 Å². The lowest BCUT2D eigenvalue weighted by Crippen LogP contribution is -2.37. The monoisotopic (exact) mass is 363 g/mol. The minimum Gasteiger partial charge on any atom is -0.332 e. The van der Waals surface area contributed by atoms with Crippen LogP contribution in [0.3, 0.4) is 0 Å². The smallest absolute Gasteiger partial charge is 0.166 e. The Bertz CT molecular complexity index is 772. The second-order valence-electron chi connectivity index (χ2n) is 6.94. The molecule has 0 aliphatic carbocycles. The Labute approximate surface area is 159 Å². The van der Waals surface area contributed by atoms with Gasteiger partial charge in [0.15, 0.2) is 5.16 Å². The Morgan fingerprint density at radius 3 is 2.38 bits per heavy atom. The lowest BCUT2D eigenvalue weighted by molar-refractivity contribution is 0.204. The number of nitrogens with one attached hydrogen (secondary N) is 1. The van der Waals surface area contributed by atoms with E-state index in [1.54, 1.807) is 0 Å². The van der Waals surface area contributed by atoms with Crippen molar-refractivity contribution in [2.24, 2.45) is 0 Å². The van der Waals surface area contributed by atoms with Gasteiger partial charge in [0, 0.05) is 22.9 Å². The van der Waals surface area contributed by atoms with E-state index in [4.69, 9.17) is 4.98 Å². The molecular formula is C22H25N3S. The van der Waals surface area contributed by atoms with Gasteiger partial charge in [-0.25, -0.2) is 4.98 Å². The molecule has 4 heteroatoms. The highest BCUT2D eigenvalue weighted by atomic mass is 32.2. The molecule has 26 heavy (non-hydrogen) atoms. The van der Waals surface area contributed by atoms with Crippen LogP contribution in [0.2, 0.25) is 0 Å². The van der Waals surface area contributed by atoms with Crippen LogP contribution >= 0.6 is 11.8 Å². The van der Waals surface area contributed by atoms with Crippen LogP contribution in [-0.2, 0) is 0 Å². The molecule has 0 saturated carbocycles. The molecule has 1 fully saturated rings. The Hall–Kier alpha value is -2.04. The van der Waals surface area contributed by atoms with Crippen molar-refractivity contribution in [1.29, 1.82) is 0 Å². The first-order valence-electron chi connectivity index (χ1n) is 9.35. The average Bonchev–Trinajstić information content (AvgIpc) is 3.13. The molecular weight excluding hydrogens is 338 g/mol. The number of aromatic amines is 1. The number of piperidine rings is 1. The molecule has 0 unspecified atom stereocenters. The largest absolute Gasteiger partial charge is 0.332 e. The van der Waals surface area contributed by atoms with Gasteiger partial charge in [0.05, 0.1) is 11.4 Å². The normalized spacial score (nSPS) is 18.1. The van der Waals surface area contributed by atoms with Crippen LogP contribution < -0.4 is 0 Å². The second kappa shape index (κ2) is 8.11. The summed E-state index contributed by atoms with van der Waals surface area (Å²) in [7, 11) is 2.25. The molecule has 3 aromatic rings. The fourth-order valence-electron chi connectivity index (χ4n) is 3.57. The lowest BCUT2D eigenvalue weighted by atomic mass is 10.1. The molecule has 2 aromatic carbocycles. The van der Waals surface area contributed by atoms with Gasteiger partial charge in [-0.2, -0.15) is 0 Å². The average molecular weight is 364 g/mol. The summed E-state index contributed by atoms with van der Waals surface area (Å²) in [5.41, 5.74) is 4.48. The number of H-pyrrole nitrogens is 1. The van der Waals surface area contributed by atoms with E-state index in [2.05, 4.69) is 71.5 Å². The molecule has 3 nitrogen and oxygen atoms in total. The van der Waals surface area contributed by atoms with Gasteiger partial charge in [-0.3, -0.25) is 0 Å². The van der Waals surface area contributed by atoms with E-state index in [0.29, 0.717) is 6.04 Å². The lowest BCUT2D eigenvalue weighted by Gasteiger charge is -2.31. The number of imidazole rings is 1. The van der Waals surface area contributed by atoms with Crippen molar-refractivity contribution in [2.75, 3.05) is 19.3 Å². The first kappa shape index (κ1) is 17.4. The van der Waals surface area contributed by atoms with Crippen molar-refractivity contribution >= 4 is 11.8 Å². The number of rotatable bonds is 5. The quantitative estimate of drug-likeness (QED) is 0.623. The van der Waals surface area contributed by atoms with Crippen molar-refractivity contribution in [3.05, 3.63) is 60.7 Å². The molecule has 4 rings (SSSR count). The van der Waals surface area contributed by atoms with Crippen molar-refractivity contribution in [2.45, 2.75) is 30.5 Å². The van der Waals surface area contributed by atoms with Crippen LogP contribution in [0.1, 0.15) is 19.3 Å². The molecule has 0 amide bonds. The fourth-order valence-corrected chi connectivity index (χ4v) is 4.67. The van der Waals surface area contributed by atoms with E-state index < -0.39 is 0 Å². The Kier molecular flexibility index (Phi) is 5.42. The van der Waals surface area contributed by atoms with Crippen LogP contribution in [0.15, 0.2) is 65.8 Å². The van der Waals surface area contributed by atoms with Crippen LogP contribution in [0.4, 0.5) is 0 Å². The number of likely N-dealkylation sites (tertiary alicyclic amines) is 1. The van der Waals surface area contributed by atoms with Crippen LogP contribution in [0.25, 0.3) is 22.5 Å². The maximum Gasteiger partial charge on any atom is 0.166 e. The third-order valence-corrected chi connectivity index (χ3v) is 6.14. The first-order valence-corrected chi connectivity index (χ1v) is 10.3. The van der Waals surface area contributed by atoms with E-state index in [9.17, 15) is 0 Å². The molecule has 0 radical (unpaired) electrons. The second-order valence-corrected chi connectivity index (χ2v) is 7.95. The number of thioether (sulfide) groups is 1. The van der Waals surface area contributed by atoms with Gasteiger partial charge < -0.3 is 9.88 Å². The highest BCUT2D eigenvalue weighted by Crippen LogP contribution is 2.33. The highest BCUT2D eigenvalue weighted by Gasteiger charge is 2.20. The maximum absolute atomic E-state index is 4.96. The van der Waals surface area contributed by atoms with Crippen LogP contribution in [0.5, 0.6) is 0 Å². The maximum atomic E-state index is 4.96. The summed E-state index contributed by atoms with van der Waals surface area (Å²) in [6.45, 7) is 1.22. The van der Waals surface area contributed by atoms with Gasteiger partial charge in [0.2, 0.25) is 0 Å². The molecule has 1 aromatic heterocycles. The third-order valence-electron chi connectivity index (χ3n) is 5.13. The molecule has 2 heterocycles. The summed E-state index contributed by atoms with van der Waals surface area (Å²) >= 11 is 1.85. The highest BCUT2D eigenvalue weighted by molar-refractivity contribution is 7.99. The molecule has 0 bridgehead atoms. The number of hydrogen-bond donors (Lipinski definition) is 1. The summed E-state index contributed by atoms with van der Waals surface area (Å²) in [6.07, 6.45) is 3.97. The zero-order chi connectivity index (χ0) is 17.8. The molecule has 0 spiro atoms. The minimum atomic E-state index is 0.652. The number of aromatic nitrogens is 2.